The van der Waals surface area contributed by atoms with Crippen molar-refractivity contribution in [3.05, 3.63) is 23.8 Å². The van der Waals surface area contributed by atoms with Crippen molar-refractivity contribution in [2.75, 3.05) is 26.9 Å². The van der Waals surface area contributed by atoms with Crippen LogP contribution in [0.5, 0.6) is 11.5 Å². The van der Waals surface area contributed by atoms with Crippen LogP contribution in [-0.2, 0) is 4.74 Å². The van der Waals surface area contributed by atoms with E-state index in [0.29, 0.717) is 19.1 Å². The highest BCUT2D eigenvalue weighted by atomic mass is 16.6. The van der Waals surface area contributed by atoms with E-state index in [-0.39, 0.29) is 6.10 Å². The quantitative estimate of drug-likeness (QED) is 0.868. The molecule has 1 aliphatic heterocycles. The van der Waals surface area contributed by atoms with Crippen molar-refractivity contribution in [2.45, 2.75) is 25.4 Å². The molecule has 1 aromatic carbocycles. The molecular weight excluding hydrogens is 230 g/mol. The topological polar surface area (TPSA) is 53.7 Å². The Morgan fingerprint density at radius 2 is 2.28 bits per heavy atom. The van der Waals surface area contributed by atoms with Gasteiger partial charge in [-0.05, 0) is 30.2 Å². The SMILES string of the molecule is COc1cc(C(C)CN)ccc1OC1CCOC1. The summed E-state index contributed by atoms with van der Waals surface area (Å²) in [5.74, 6) is 1.86. The third-order valence-electron chi connectivity index (χ3n) is 3.29. The Bertz CT molecular complexity index is 389. The van der Waals surface area contributed by atoms with Gasteiger partial charge in [-0.1, -0.05) is 13.0 Å². The fraction of sp³-hybridized carbons (Fsp3) is 0.571. The van der Waals surface area contributed by atoms with Gasteiger partial charge in [0.25, 0.3) is 0 Å². The number of nitrogens with two attached hydrogens (primary N) is 1. The van der Waals surface area contributed by atoms with E-state index in [4.69, 9.17) is 19.9 Å². The van der Waals surface area contributed by atoms with Crippen LogP contribution in [0.15, 0.2) is 18.2 Å². The third kappa shape index (κ3) is 2.94. The first-order valence-corrected chi connectivity index (χ1v) is 6.37. The average molecular weight is 251 g/mol. The molecule has 0 aromatic heterocycles. The maximum atomic E-state index is 5.88. The largest absolute Gasteiger partial charge is 0.493 e. The molecule has 1 aromatic rings. The van der Waals surface area contributed by atoms with Crippen molar-refractivity contribution >= 4 is 0 Å². The van der Waals surface area contributed by atoms with Crippen LogP contribution >= 0.6 is 0 Å². The first-order chi connectivity index (χ1) is 8.74. The summed E-state index contributed by atoms with van der Waals surface area (Å²) in [6.45, 7) is 4.15. The lowest BCUT2D eigenvalue weighted by molar-refractivity contribution is 0.138. The molecule has 0 amide bonds. The van der Waals surface area contributed by atoms with Crippen molar-refractivity contribution in [1.82, 2.24) is 0 Å². The van der Waals surface area contributed by atoms with Gasteiger partial charge in [0, 0.05) is 6.42 Å². The molecular formula is C14H21NO3. The Kier molecular flexibility index (Phi) is 4.44. The van der Waals surface area contributed by atoms with E-state index in [0.717, 1.165) is 24.5 Å². The van der Waals surface area contributed by atoms with Crippen LogP contribution < -0.4 is 15.2 Å². The number of hydrogen-bond acceptors (Lipinski definition) is 4. The van der Waals surface area contributed by atoms with E-state index in [1.165, 1.54) is 5.56 Å². The molecule has 4 nitrogen and oxygen atoms in total. The molecule has 100 valence electrons. The van der Waals surface area contributed by atoms with Crippen molar-refractivity contribution < 1.29 is 14.2 Å². The first kappa shape index (κ1) is 13.2. The Balaban J connectivity index is 2.14. The zero-order valence-electron chi connectivity index (χ0n) is 11.0. The lowest BCUT2D eigenvalue weighted by Gasteiger charge is -2.17. The van der Waals surface area contributed by atoms with Crippen LogP contribution in [0.2, 0.25) is 0 Å². The zero-order chi connectivity index (χ0) is 13.0. The standard InChI is InChI=1S/C14H21NO3/c1-10(8-15)11-3-4-13(14(7-11)16-2)18-12-5-6-17-9-12/h3-4,7,10,12H,5-6,8-9,15H2,1-2H3. The van der Waals surface area contributed by atoms with Crippen molar-refractivity contribution in [1.29, 1.82) is 0 Å². The van der Waals surface area contributed by atoms with Gasteiger partial charge in [-0.2, -0.15) is 0 Å². The normalized spacial score (nSPS) is 20.7. The Morgan fingerprint density at radius 1 is 1.44 bits per heavy atom. The second-order valence-corrected chi connectivity index (χ2v) is 4.65. The van der Waals surface area contributed by atoms with Gasteiger partial charge in [-0.3, -0.25) is 0 Å². The summed E-state index contributed by atoms with van der Waals surface area (Å²) in [5, 5.41) is 0. The number of rotatable bonds is 5. The van der Waals surface area contributed by atoms with Gasteiger partial charge in [0.05, 0.1) is 20.3 Å². The minimum Gasteiger partial charge on any atom is -0.493 e. The van der Waals surface area contributed by atoms with Crippen LogP contribution in [0, 0.1) is 0 Å². The number of methoxy groups -OCH3 is 1. The summed E-state index contributed by atoms with van der Waals surface area (Å²) in [5.41, 5.74) is 6.85. The fourth-order valence-electron chi connectivity index (χ4n) is 2.01. The maximum absolute atomic E-state index is 5.88. The molecule has 2 unspecified atom stereocenters. The monoisotopic (exact) mass is 251 g/mol. The van der Waals surface area contributed by atoms with Gasteiger partial charge in [0.15, 0.2) is 11.5 Å². The molecule has 1 fully saturated rings. The minimum atomic E-state index is 0.136. The molecule has 1 aliphatic rings. The van der Waals surface area contributed by atoms with E-state index in [1.807, 2.05) is 18.2 Å². The van der Waals surface area contributed by atoms with Crippen LogP contribution in [0.4, 0.5) is 0 Å². The van der Waals surface area contributed by atoms with Gasteiger partial charge >= 0.3 is 0 Å². The van der Waals surface area contributed by atoms with Crippen LogP contribution in [-0.4, -0.2) is 33.0 Å². The van der Waals surface area contributed by atoms with E-state index in [9.17, 15) is 0 Å². The molecule has 0 radical (unpaired) electrons. The minimum absolute atomic E-state index is 0.136. The summed E-state index contributed by atoms with van der Waals surface area (Å²) in [6, 6.07) is 6.01. The van der Waals surface area contributed by atoms with E-state index in [2.05, 4.69) is 6.92 Å². The van der Waals surface area contributed by atoms with Gasteiger partial charge in [-0.25, -0.2) is 0 Å². The number of benzene rings is 1. The van der Waals surface area contributed by atoms with Crippen LogP contribution in [0.1, 0.15) is 24.8 Å². The highest BCUT2D eigenvalue weighted by Crippen LogP contribution is 2.32. The summed E-state index contributed by atoms with van der Waals surface area (Å²) in [4.78, 5) is 0. The van der Waals surface area contributed by atoms with Gasteiger partial charge in [-0.15, -0.1) is 0 Å². The molecule has 1 saturated heterocycles. The molecule has 2 rings (SSSR count). The molecule has 4 heteroatoms. The van der Waals surface area contributed by atoms with Gasteiger partial charge in [0.1, 0.15) is 6.10 Å². The average Bonchev–Trinajstić information content (AvgIpc) is 2.91. The first-order valence-electron chi connectivity index (χ1n) is 6.37. The highest BCUT2D eigenvalue weighted by Gasteiger charge is 2.19. The molecule has 2 atom stereocenters. The predicted octanol–water partition coefficient (Wildman–Crippen LogP) is 1.93. The maximum Gasteiger partial charge on any atom is 0.161 e. The molecule has 18 heavy (non-hydrogen) atoms. The van der Waals surface area contributed by atoms with E-state index >= 15 is 0 Å². The van der Waals surface area contributed by atoms with E-state index in [1.54, 1.807) is 7.11 Å². The molecule has 0 spiro atoms. The molecule has 2 N–H and O–H groups in total. The van der Waals surface area contributed by atoms with Crippen molar-refractivity contribution in [2.24, 2.45) is 5.73 Å². The Hall–Kier alpha value is -1.26. The molecule has 0 bridgehead atoms. The van der Waals surface area contributed by atoms with Crippen molar-refractivity contribution in [3.8, 4) is 11.5 Å². The van der Waals surface area contributed by atoms with Gasteiger partial charge < -0.3 is 19.9 Å². The predicted molar refractivity (Wildman–Crippen MR) is 70.3 cm³/mol. The Labute approximate surface area is 108 Å². The lowest BCUT2D eigenvalue weighted by Crippen LogP contribution is -2.16. The second-order valence-electron chi connectivity index (χ2n) is 4.65. The number of ether oxygens (including phenoxy) is 3. The summed E-state index contributed by atoms with van der Waals surface area (Å²) in [7, 11) is 1.66. The third-order valence-corrected chi connectivity index (χ3v) is 3.29. The van der Waals surface area contributed by atoms with Gasteiger partial charge in [0.2, 0.25) is 0 Å². The van der Waals surface area contributed by atoms with Crippen LogP contribution in [0.3, 0.4) is 0 Å². The summed E-state index contributed by atoms with van der Waals surface area (Å²) < 4.78 is 16.6. The lowest BCUT2D eigenvalue weighted by atomic mass is 10.0. The zero-order valence-corrected chi connectivity index (χ0v) is 11.0. The molecule has 0 aliphatic carbocycles. The smallest absolute Gasteiger partial charge is 0.161 e. The van der Waals surface area contributed by atoms with E-state index < -0.39 is 0 Å². The highest BCUT2D eigenvalue weighted by molar-refractivity contribution is 5.44. The molecule has 1 heterocycles. The van der Waals surface area contributed by atoms with Crippen molar-refractivity contribution in [3.63, 3.8) is 0 Å². The Morgan fingerprint density at radius 3 is 2.89 bits per heavy atom. The number of hydrogen-bond donors (Lipinski definition) is 1. The second kappa shape index (κ2) is 6.07. The summed E-state index contributed by atoms with van der Waals surface area (Å²) in [6.07, 6.45) is 1.07. The summed E-state index contributed by atoms with van der Waals surface area (Å²) >= 11 is 0. The fourth-order valence-corrected chi connectivity index (χ4v) is 2.01. The van der Waals surface area contributed by atoms with Crippen LogP contribution in [0.25, 0.3) is 0 Å². The molecule has 0 saturated carbocycles.